The number of aliphatic hydroxyl groups is 1. The molecular formula is C30H56N2O2. The van der Waals surface area contributed by atoms with Crippen LogP contribution in [0.25, 0.3) is 0 Å². The van der Waals surface area contributed by atoms with E-state index in [-0.39, 0.29) is 6.10 Å². The molecule has 0 saturated carbocycles. The first-order valence-corrected chi connectivity index (χ1v) is 13.6. The van der Waals surface area contributed by atoms with E-state index in [1.165, 1.54) is 17.6 Å². The Bertz CT molecular complexity index is 652. The van der Waals surface area contributed by atoms with Crippen molar-refractivity contribution in [2.45, 2.75) is 125 Å². The van der Waals surface area contributed by atoms with Gasteiger partial charge in [-0.05, 0) is 64.9 Å². The van der Waals surface area contributed by atoms with E-state index in [9.17, 15) is 5.11 Å². The highest BCUT2D eigenvalue weighted by Gasteiger charge is 2.30. The second-order valence-electron chi connectivity index (χ2n) is 9.72. The number of hydrogen-bond donors (Lipinski definition) is 2. The summed E-state index contributed by atoms with van der Waals surface area (Å²) in [6.07, 6.45) is 13.1. The average Bonchev–Trinajstić information content (AvgIpc) is 2.83. The minimum Gasteiger partial charge on any atom is -0.377 e. The smallest absolute Gasteiger partial charge is 0.130 e. The van der Waals surface area contributed by atoms with E-state index >= 15 is 0 Å². The number of methoxy groups -OCH3 is 1. The fraction of sp³-hybridized carbons (Fsp3) is 0.733. The van der Waals surface area contributed by atoms with Gasteiger partial charge in [0, 0.05) is 31.8 Å². The van der Waals surface area contributed by atoms with Gasteiger partial charge in [0.25, 0.3) is 0 Å². The molecule has 2 aliphatic rings. The first-order chi connectivity index (χ1) is 16.2. The molecule has 6 atom stereocenters. The van der Waals surface area contributed by atoms with Crippen molar-refractivity contribution >= 4 is 0 Å². The van der Waals surface area contributed by atoms with Crippen molar-refractivity contribution in [3.05, 3.63) is 47.6 Å². The fourth-order valence-corrected chi connectivity index (χ4v) is 4.62. The molecule has 198 valence electrons. The SMILES string of the molecule is C=CC(C/C(C)=C(\C)C(C)N1CCC(NC(O)C2=CC(C)CC=C2)CC1C)OC.CC.CCC. The Morgan fingerprint density at radius 1 is 1.29 bits per heavy atom. The van der Waals surface area contributed by atoms with Crippen LogP contribution in [0.5, 0.6) is 0 Å². The summed E-state index contributed by atoms with van der Waals surface area (Å²) in [7, 11) is 1.74. The van der Waals surface area contributed by atoms with Crippen LogP contribution in [-0.4, -0.2) is 54.1 Å². The summed E-state index contributed by atoms with van der Waals surface area (Å²) in [6, 6.07) is 1.22. The van der Waals surface area contributed by atoms with Gasteiger partial charge in [-0.15, -0.1) is 6.58 Å². The van der Waals surface area contributed by atoms with Crippen LogP contribution in [0.3, 0.4) is 0 Å². The molecule has 1 fully saturated rings. The van der Waals surface area contributed by atoms with Crippen molar-refractivity contribution in [2.24, 2.45) is 5.92 Å². The molecule has 2 rings (SSSR count). The van der Waals surface area contributed by atoms with Gasteiger partial charge in [0.1, 0.15) is 6.23 Å². The number of ether oxygens (including phenoxy) is 1. The third-order valence-corrected chi connectivity index (χ3v) is 6.80. The van der Waals surface area contributed by atoms with Gasteiger partial charge < -0.3 is 9.84 Å². The van der Waals surface area contributed by atoms with Gasteiger partial charge in [0.2, 0.25) is 0 Å². The van der Waals surface area contributed by atoms with Crippen molar-refractivity contribution in [1.82, 2.24) is 10.2 Å². The van der Waals surface area contributed by atoms with Gasteiger partial charge in [-0.1, -0.05) is 76.5 Å². The maximum Gasteiger partial charge on any atom is 0.130 e. The lowest BCUT2D eigenvalue weighted by atomic mass is 9.92. The first-order valence-electron chi connectivity index (χ1n) is 13.6. The van der Waals surface area contributed by atoms with Crippen LogP contribution in [0.15, 0.2) is 47.6 Å². The number of piperidine rings is 1. The van der Waals surface area contributed by atoms with Crippen LogP contribution >= 0.6 is 0 Å². The van der Waals surface area contributed by atoms with Crippen molar-refractivity contribution < 1.29 is 9.84 Å². The highest BCUT2D eigenvalue weighted by molar-refractivity contribution is 5.27. The molecule has 0 aromatic heterocycles. The number of hydrogen-bond acceptors (Lipinski definition) is 4. The maximum absolute atomic E-state index is 10.6. The molecule has 6 unspecified atom stereocenters. The third-order valence-electron chi connectivity index (χ3n) is 6.80. The van der Waals surface area contributed by atoms with Crippen LogP contribution in [0.1, 0.15) is 94.4 Å². The summed E-state index contributed by atoms with van der Waals surface area (Å²) in [6.45, 7) is 24.4. The van der Waals surface area contributed by atoms with Crippen LogP contribution in [0.2, 0.25) is 0 Å². The molecule has 1 aliphatic carbocycles. The Balaban J connectivity index is 0.00000201. The molecular weight excluding hydrogens is 420 g/mol. The predicted molar refractivity (Wildman–Crippen MR) is 150 cm³/mol. The van der Waals surface area contributed by atoms with Crippen molar-refractivity contribution in [1.29, 1.82) is 0 Å². The second-order valence-corrected chi connectivity index (χ2v) is 9.72. The third kappa shape index (κ3) is 11.0. The van der Waals surface area contributed by atoms with Gasteiger partial charge in [-0.25, -0.2) is 0 Å². The molecule has 1 heterocycles. The van der Waals surface area contributed by atoms with E-state index in [4.69, 9.17) is 4.74 Å². The first kappa shape index (κ1) is 32.8. The Morgan fingerprint density at radius 2 is 1.91 bits per heavy atom. The summed E-state index contributed by atoms with van der Waals surface area (Å²) in [5, 5.41) is 14.1. The summed E-state index contributed by atoms with van der Waals surface area (Å²) >= 11 is 0. The molecule has 0 amide bonds. The molecule has 2 N–H and O–H groups in total. The average molecular weight is 477 g/mol. The van der Waals surface area contributed by atoms with E-state index in [0.717, 1.165) is 37.8 Å². The van der Waals surface area contributed by atoms with Crippen LogP contribution in [-0.2, 0) is 4.74 Å². The molecule has 34 heavy (non-hydrogen) atoms. The Kier molecular flexibility index (Phi) is 17.5. The quantitative estimate of drug-likeness (QED) is 0.277. The number of nitrogens with one attached hydrogen (secondary N) is 1. The van der Waals surface area contributed by atoms with E-state index in [1.807, 2.05) is 19.9 Å². The standard InChI is InChI=1S/C25H42N2O2.C3H8.C2H6/c1-8-24(29-7)15-18(3)20(5)21(6)27-13-12-23(16-19(27)4)26-25(28)22-11-9-10-17(2)14-22;1-3-2;1-2/h8-9,11,14,17,19,21,23-26,28H,1,10,12-13,15-16H2,2-7H3;3H2,1-2H3;1-2H3/b20-18+;;. The Hall–Kier alpha value is -1.20. The number of likely N-dealkylation sites (tertiary alicyclic amines) is 1. The molecule has 1 saturated heterocycles. The highest BCUT2D eigenvalue weighted by atomic mass is 16.5. The van der Waals surface area contributed by atoms with Crippen molar-refractivity contribution in [3.8, 4) is 0 Å². The lowest BCUT2D eigenvalue weighted by Gasteiger charge is -2.43. The topological polar surface area (TPSA) is 44.7 Å². The second kappa shape index (κ2) is 18.1. The van der Waals surface area contributed by atoms with Crippen LogP contribution in [0.4, 0.5) is 0 Å². The summed E-state index contributed by atoms with van der Waals surface area (Å²) in [4.78, 5) is 2.60. The lowest BCUT2D eigenvalue weighted by Crippen LogP contribution is -2.53. The Morgan fingerprint density at radius 3 is 2.41 bits per heavy atom. The lowest BCUT2D eigenvalue weighted by molar-refractivity contribution is 0.0819. The zero-order valence-corrected chi connectivity index (χ0v) is 24.0. The number of rotatable bonds is 9. The predicted octanol–water partition coefficient (Wildman–Crippen LogP) is 7.03. The fourth-order valence-electron chi connectivity index (χ4n) is 4.62. The molecule has 0 bridgehead atoms. The van der Waals surface area contributed by atoms with Crippen LogP contribution < -0.4 is 5.32 Å². The van der Waals surface area contributed by atoms with Crippen molar-refractivity contribution in [2.75, 3.05) is 13.7 Å². The summed E-state index contributed by atoms with van der Waals surface area (Å²) < 4.78 is 5.47. The van der Waals surface area contributed by atoms with Gasteiger partial charge >= 0.3 is 0 Å². The minimum atomic E-state index is -0.566. The van der Waals surface area contributed by atoms with E-state index in [0.29, 0.717) is 24.0 Å². The van der Waals surface area contributed by atoms with Crippen molar-refractivity contribution in [3.63, 3.8) is 0 Å². The zero-order chi connectivity index (χ0) is 26.3. The molecule has 4 heteroatoms. The summed E-state index contributed by atoms with van der Waals surface area (Å²) in [5.41, 5.74) is 3.83. The molecule has 0 radical (unpaired) electrons. The van der Waals surface area contributed by atoms with E-state index in [2.05, 4.69) is 83.5 Å². The maximum atomic E-state index is 10.6. The zero-order valence-electron chi connectivity index (χ0n) is 24.0. The molecule has 1 aliphatic heterocycles. The van der Waals surface area contributed by atoms with E-state index in [1.54, 1.807) is 7.11 Å². The Labute approximate surface area is 212 Å². The molecule has 0 spiro atoms. The van der Waals surface area contributed by atoms with Gasteiger partial charge in [0.05, 0.1) is 6.10 Å². The number of nitrogens with zero attached hydrogens (tertiary/aromatic N) is 1. The van der Waals surface area contributed by atoms with E-state index < -0.39 is 6.23 Å². The molecule has 4 nitrogen and oxygen atoms in total. The highest BCUT2D eigenvalue weighted by Crippen LogP contribution is 2.27. The largest absolute Gasteiger partial charge is 0.377 e. The molecule has 0 aromatic carbocycles. The number of allylic oxidation sites excluding steroid dienone is 2. The monoisotopic (exact) mass is 476 g/mol. The number of aliphatic hydroxyl groups excluding tert-OH is 1. The van der Waals surface area contributed by atoms with Crippen LogP contribution in [0, 0.1) is 5.92 Å². The normalized spacial score (nSPS) is 26.0. The van der Waals surface area contributed by atoms with Gasteiger partial charge in [-0.2, -0.15) is 0 Å². The van der Waals surface area contributed by atoms with Gasteiger partial charge in [-0.3, -0.25) is 10.2 Å². The molecule has 0 aromatic rings. The van der Waals surface area contributed by atoms with Gasteiger partial charge in [0.15, 0.2) is 0 Å². The summed E-state index contributed by atoms with van der Waals surface area (Å²) in [5.74, 6) is 0.505. The minimum absolute atomic E-state index is 0.0804.